The first-order valence-corrected chi connectivity index (χ1v) is 11.0. The van der Waals surface area contributed by atoms with Crippen molar-refractivity contribution in [2.75, 3.05) is 7.11 Å². The van der Waals surface area contributed by atoms with Crippen molar-refractivity contribution in [3.8, 4) is 11.5 Å². The van der Waals surface area contributed by atoms with Gasteiger partial charge in [0.05, 0.1) is 19.3 Å². The van der Waals surface area contributed by atoms with E-state index in [4.69, 9.17) is 9.47 Å². The summed E-state index contributed by atoms with van der Waals surface area (Å²) in [5.74, 6) is 1.49. The van der Waals surface area contributed by atoms with E-state index in [1.807, 2.05) is 59.7 Å². The SMILES string of the molecule is CCC(C)N(Cc1csc(COc2cccc(C)c2)n1)C(=O)c1cccc(OC)c1. The maximum absolute atomic E-state index is 13.2. The lowest BCUT2D eigenvalue weighted by atomic mass is 10.1. The number of nitrogens with zero attached hydrogens (tertiary/aromatic N) is 2. The highest BCUT2D eigenvalue weighted by molar-refractivity contribution is 7.09. The first-order chi connectivity index (χ1) is 14.5. The lowest BCUT2D eigenvalue weighted by Gasteiger charge is -2.28. The molecule has 0 N–H and O–H groups in total. The van der Waals surface area contributed by atoms with Crippen LogP contribution >= 0.6 is 11.3 Å². The summed E-state index contributed by atoms with van der Waals surface area (Å²) in [6, 6.07) is 15.3. The molecule has 3 rings (SSSR count). The van der Waals surface area contributed by atoms with Crippen LogP contribution in [-0.4, -0.2) is 28.9 Å². The van der Waals surface area contributed by atoms with E-state index in [2.05, 4.69) is 18.8 Å². The van der Waals surface area contributed by atoms with E-state index in [0.717, 1.165) is 28.4 Å². The van der Waals surface area contributed by atoms with E-state index >= 15 is 0 Å². The monoisotopic (exact) mass is 424 g/mol. The molecule has 0 aliphatic rings. The van der Waals surface area contributed by atoms with Gasteiger partial charge >= 0.3 is 0 Å². The van der Waals surface area contributed by atoms with Gasteiger partial charge in [-0.05, 0) is 56.2 Å². The van der Waals surface area contributed by atoms with E-state index in [-0.39, 0.29) is 11.9 Å². The molecule has 0 saturated heterocycles. The number of carbonyl (C=O) groups is 1. The van der Waals surface area contributed by atoms with Crippen molar-refractivity contribution in [3.63, 3.8) is 0 Å². The maximum Gasteiger partial charge on any atom is 0.254 e. The van der Waals surface area contributed by atoms with Gasteiger partial charge in [0.1, 0.15) is 23.1 Å². The highest BCUT2D eigenvalue weighted by Crippen LogP contribution is 2.21. The Labute approximate surface area is 182 Å². The third-order valence-corrected chi connectivity index (χ3v) is 5.86. The molecule has 0 bridgehead atoms. The molecular weight excluding hydrogens is 396 g/mol. The van der Waals surface area contributed by atoms with Crippen molar-refractivity contribution < 1.29 is 14.3 Å². The molecule has 158 valence electrons. The van der Waals surface area contributed by atoms with Crippen molar-refractivity contribution in [1.29, 1.82) is 0 Å². The molecule has 30 heavy (non-hydrogen) atoms. The maximum atomic E-state index is 13.2. The van der Waals surface area contributed by atoms with Crippen LogP contribution in [0.2, 0.25) is 0 Å². The number of methoxy groups -OCH3 is 1. The van der Waals surface area contributed by atoms with E-state index < -0.39 is 0 Å². The summed E-state index contributed by atoms with van der Waals surface area (Å²) < 4.78 is 11.1. The number of ether oxygens (including phenoxy) is 2. The quantitative estimate of drug-likeness (QED) is 0.456. The van der Waals surface area contributed by atoms with E-state index in [9.17, 15) is 4.79 Å². The molecule has 3 aromatic rings. The molecule has 0 fully saturated rings. The summed E-state index contributed by atoms with van der Waals surface area (Å²) in [6.07, 6.45) is 0.864. The smallest absolute Gasteiger partial charge is 0.254 e. The minimum Gasteiger partial charge on any atom is -0.497 e. The molecule has 1 aromatic heterocycles. The van der Waals surface area contributed by atoms with Gasteiger partial charge in [0, 0.05) is 17.0 Å². The lowest BCUT2D eigenvalue weighted by Crippen LogP contribution is -2.37. The molecule has 0 spiro atoms. The fourth-order valence-electron chi connectivity index (χ4n) is 3.08. The number of rotatable bonds is 9. The zero-order valence-electron chi connectivity index (χ0n) is 17.9. The van der Waals surface area contributed by atoms with Crippen LogP contribution in [0.15, 0.2) is 53.9 Å². The molecule has 6 heteroatoms. The van der Waals surface area contributed by atoms with Crippen LogP contribution in [0.1, 0.15) is 46.9 Å². The Hall–Kier alpha value is -2.86. The molecule has 1 unspecified atom stereocenters. The van der Waals surface area contributed by atoms with Crippen LogP contribution in [0.3, 0.4) is 0 Å². The van der Waals surface area contributed by atoms with Gasteiger partial charge in [0.2, 0.25) is 0 Å². The Balaban J connectivity index is 1.70. The van der Waals surface area contributed by atoms with Crippen molar-refractivity contribution >= 4 is 17.2 Å². The second-order valence-corrected chi connectivity index (χ2v) is 8.20. The van der Waals surface area contributed by atoms with Crippen LogP contribution in [0.5, 0.6) is 11.5 Å². The highest BCUT2D eigenvalue weighted by Gasteiger charge is 2.22. The molecule has 0 aliphatic heterocycles. The number of thiazole rings is 1. The Bertz CT molecular complexity index is 986. The lowest BCUT2D eigenvalue weighted by molar-refractivity contribution is 0.0668. The third kappa shape index (κ3) is 5.60. The fourth-order valence-corrected chi connectivity index (χ4v) is 3.78. The number of hydrogen-bond donors (Lipinski definition) is 0. The Morgan fingerprint density at radius 1 is 1.17 bits per heavy atom. The van der Waals surface area contributed by atoms with E-state index in [0.29, 0.717) is 24.5 Å². The molecule has 0 saturated carbocycles. The summed E-state index contributed by atoms with van der Waals surface area (Å²) >= 11 is 1.55. The molecule has 1 amide bonds. The van der Waals surface area contributed by atoms with Crippen molar-refractivity contribution in [2.24, 2.45) is 0 Å². The van der Waals surface area contributed by atoms with E-state index in [1.165, 1.54) is 0 Å². The van der Waals surface area contributed by atoms with Crippen LogP contribution in [0.25, 0.3) is 0 Å². The number of benzene rings is 2. The molecule has 1 atom stereocenters. The van der Waals surface area contributed by atoms with Gasteiger partial charge in [0.15, 0.2) is 0 Å². The molecule has 0 aliphatic carbocycles. The Kier molecular flexibility index (Phi) is 7.46. The van der Waals surface area contributed by atoms with Crippen LogP contribution < -0.4 is 9.47 Å². The number of amides is 1. The zero-order valence-corrected chi connectivity index (χ0v) is 18.7. The normalized spacial score (nSPS) is 11.7. The summed E-state index contributed by atoms with van der Waals surface area (Å²) in [5.41, 5.74) is 2.65. The second-order valence-electron chi connectivity index (χ2n) is 7.26. The van der Waals surface area contributed by atoms with Gasteiger partial charge in [-0.3, -0.25) is 4.79 Å². The zero-order chi connectivity index (χ0) is 21.5. The van der Waals surface area contributed by atoms with Crippen LogP contribution in [-0.2, 0) is 13.2 Å². The predicted molar refractivity (Wildman–Crippen MR) is 120 cm³/mol. The Morgan fingerprint density at radius 2 is 1.93 bits per heavy atom. The Morgan fingerprint density at radius 3 is 2.67 bits per heavy atom. The largest absolute Gasteiger partial charge is 0.497 e. The summed E-state index contributed by atoms with van der Waals surface area (Å²) in [5, 5.41) is 2.90. The van der Waals surface area contributed by atoms with Crippen LogP contribution in [0.4, 0.5) is 0 Å². The first-order valence-electron chi connectivity index (χ1n) is 10.1. The average molecular weight is 425 g/mol. The van der Waals surface area contributed by atoms with Gasteiger partial charge in [-0.1, -0.05) is 25.1 Å². The third-order valence-electron chi connectivity index (χ3n) is 4.98. The number of aryl methyl sites for hydroxylation is 1. The fraction of sp³-hybridized carbons (Fsp3) is 0.333. The summed E-state index contributed by atoms with van der Waals surface area (Å²) in [7, 11) is 1.60. The van der Waals surface area contributed by atoms with Gasteiger partial charge in [0.25, 0.3) is 5.91 Å². The van der Waals surface area contributed by atoms with Gasteiger partial charge < -0.3 is 14.4 Å². The van der Waals surface area contributed by atoms with Gasteiger partial charge in [-0.2, -0.15) is 0 Å². The highest BCUT2D eigenvalue weighted by atomic mass is 32.1. The first kappa shape index (κ1) is 21.8. The molecular formula is C24H28N2O3S. The van der Waals surface area contributed by atoms with Crippen molar-refractivity contribution in [2.45, 2.75) is 46.4 Å². The van der Waals surface area contributed by atoms with Gasteiger partial charge in [-0.15, -0.1) is 11.3 Å². The summed E-state index contributed by atoms with van der Waals surface area (Å²) in [4.78, 5) is 19.7. The second kappa shape index (κ2) is 10.3. The summed E-state index contributed by atoms with van der Waals surface area (Å²) in [6.45, 7) is 7.06. The van der Waals surface area contributed by atoms with E-state index in [1.54, 1.807) is 24.5 Å². The topological polar surface area (TPSA) is 51.7 Å². The van der Waals surface area contributed by atoms with Gasteiger partial charge in [-0.25, -0.2) is 4.98 Å². The van der Waals surface area contributed by atoms with Crippen LogP contribution in [0, 0.1) is 6.92 Å². The average Bonchev–Trinajstić information content (AvgIpc) is 3.22. The number of carbonyl (C=O) groups excluding carboxylic acids is 1. The predicted octanol–water partition coefficient (Wildman–Crippen LogP) is 5.48. The minimum absolute atomic E-state index is 0.0196. The number of aromatic nitrogens is 1. The number of hydrogen-bond acceptors (Lipinski definition) is 5. The van der Waals surface area contributed by atoms with Crippen molar-refractivity contribution in [3.05, 3.63) is 75.7 Å². The standard InChI is InChI=1S/C24H28N2O3S/c1-5-18(3)26(24(27)19-9-7-10-21(13-19)28-4)14-20-16-30-23(25-20)15-29-22-11-6-8-17(2)12-22/h6-13,16,18H,5,14-15H2,1-4H3. The molecule has 1 heterocycles. The minimum atomic E-state index is -0.0196. The molecule has 2 aromatic carbocycles. The molecule has 0 radical (unpaired) electrons. The molecule has 5 nitrogen and oxygen atoms in total. The van der Waals surface area contributed by atoms with Crippen molar-refractivity contribution in [1.82, 2.24) is 9.88 Å².